The Kier molecular flexibility index (Phi) is 8.42. The first kappa shape index (κ1) is 22.8. The quantitative estimate of drug-likeness (QED) is 0.328. The van der Waals surface area contributed by atoms with Crippen molar-refractivity contribution in [2.24, 2.45) is 0 Å². The molecule has 2 N–H and O–H groups in total. The number of nitrogens with one attached hydrogen (secondary N) is 1. The van der Waals surface area contributed by atoms with Crippen LogP contribution in [-0.4, -0.2) is 63.7 Å². The molecule has 1 aliphatic heterocycles. The van der Waals surface area contributed by atoms with Gasteiger partial charge in [0.25, 0.3) is 5.91 Å². The van der Waals surface area contributed by atoms with Crippen LogP contribution in [-0.2, 0) is 14.3 Å². The van der Waals surface area contributed by atoms with Gasteiger partial charge in [0.2, 0.25) is 0 Å². The van der Waals surface area contributed by atoms with Gasteiger partial charge in [-0.3, -0.25) is 4.79 Å². The summed E-state index contributed by atoms with van der Waals surface area (Å²) in [6, 6.07) is 14.3. The molecule has 0 radical (unpaired) electrons. The third-order valence-electron chi connectivity index (χ3n) is 5.33. The largest absolute Gasteiger partial charge is 0.394 e. The van der Waals surface area contributed by atoms with Crippen LogP contribution in [0.2, 0.25) is 0 Å². The fourth-order valence-corrected chi connectivity index (χ4v) is 3.59. The number of carbonyl (C=O) groups excluding carboxylic acids is 1. The molecule has 2 aromatic rings. The van der Waals surface area contributed by atoms with Gasteiger partial charge < -0.3 is 24.8 Å². The first-order valence-electron chi connectivity index (χ1n) is 10.6. The summed E-state index contributed by atoms with van der Waals surface area (Å²) in [6.07, 6.45) is 1.14. The summed E-state index contributed by atoms with van der Waals surface area (Å²) in [5.74, 6) is -0.400. The fraction of sp³-hybridized carbons (Fsp3) is 0.417. The molecule has 1 aliphatic rings. The van der Waals surface area contributed by atoms with Crippen LogP contribution in [0.5, 0.6) is 0 Å². The zero-order valence-corrected chi connectivity index (χ0v) is 17.9. The van der Waals surface area contributed by atoms with Crippen molar-refractivity contribution in [2.75, 3.05) is 57.6 Å². The number of anilines is 1. The predicted molar refractivity (Wildman–Crippen MR) is 121 cm³/mol. The zero-order valence-electron chi connectivity index (χ0n) is 17.9. The molecule has 0 saturated carbocycles. The van der Waals surface area contributed by atoms with Crippen molar-refractivity contribution in [1.29, 1.82) is 5.26 Å². The van der Waals surface area contributed by atoms with E-state index in [0.29, 0.717) is 31.9 Å². The maximum Gasteiger partial charge on any atom is 0.262 e. The molecule has 1 fully saturated rings. The summed E-state index contributed by atoms with van der Waals surface area (Å²) in [4.78, 5) is 15.0. The van der Waals surface area contributed by atoms with E-state index >= 15 is 0 Å². The van der Waals surface area contributed by atoms with Gasteiger partial charge in [-0.1, -0.05) is 36.4 Å². The highest BCUT2D eigenvalue weighted by atomic mass is 16.5. The number of hydrogen-bond donors (Lipinski definition) is 2. The highest BCUT2D eigenvalue weighted by Gasteiger charge is 2.23. The molecule has 1 saturated heterocycles. The molecule has 0 unspecified atom stereocenters. The van der Waals surface area contributed by atoms with Gasteiger partial charge >= 0.3 is 0 Å². The third-order valence-corrected chi connectivity index (χ3v) is 5.33. The van der Waals surface area contributed by atoms with Gasteiger partial charge in [0, 0.05) is 30.6 Å². The second-order valence-corrected chi connectivity index (χ2v) is 7.34. The number of aliphatic hydroxyl groups excluding tert-OH is 1. The SMILES string of the molecule is C/C(=C(/C#N)C(=O)NCCOCCOCCO)c1ccc2ccccc2c1N1CCC1. The van der Waals surface area contributed by atoms with Crippen LogP contribution in [0.3, 0.4) is 0 Å². The molecule has 164 valence electrons. The predicted octanol–water partition coefficient (Wildman–Crippen LogP) is 2.49. The van der Waals surface area contributed by atoms with Gasteiger partial charge in [-0.25, -0.2) is 0 Å². The number of rotatable bonds is 11. The van der Waals surface area contributed by atoms with Crippen molar-refractivity contribution >= 4 is 27.9 Å². The van der Waals surface area contributed by atoms with Crippen molar-refractivity contribution in [3.63, 3.8) is 0 Å². The van der Waals surface area contributed by atoms with E-state index in [1.54, 1.807) is 0 Å². The second kappa shape index (κ2) is 11.5. The summed E-state index contributed by atoms with van der Waals surface area (Å²) in [5, 5.41) is 23.4. The molecule has 31 heavy (non-hydrogen) atoms. The number of ether oxygens (including phenoxy) is 2. The van der Waals surface area contributed by atoms with Crippen LogP contribution in [0.15, 0.2) is 42.0 Å². The van der Waals surface area contributed by atoms with Crippen LogP contribution in [0.25, 0.3) is 16.3 Å². The Balaban J connectivity index is 1.72. The second-order valence-electron chi connectivity index (χ2n) is 7.34. The summed E-state index contributed by atoms with van der Waals surface area (Å²) >= 11 is 0. The van der Waals surface area contributed by atoms with Gasteiger partial charge in [-0.05, 0) is 24.3 Å². The lowest BCUT2D eigenvalue weighted by Crippen LogP contribution is -2.37. The minimum absolute atomic E-state index is 0.0185. The molecule has 0 atom stereocenters. The molecule has 0 bridgehead atoms. The van der Waals surface area contributed by atoms with Gasteiger partial charge in [-0.15, -0.1) is 0 Å². The van der Waals surface area contributed by atoms with Crippen molar-refractivity contribution in [2.45, 2.75) is 13.3 Å². The Bertz CT molecular complexity index is 976. The van der Waals surface area contributed by atoms with E-state index in [4.69, 9.17) is 14.6 Å². The van der Waals surface area contributed by atoms with E-state index in [1.807, 2.05) is 31.2 Å². The average Bonchev–Trinajstić information content (AvgIpc) is 2.75. The number of aliphatic hydroxyl groups is 1. The maximum absolute atomic E-state index is 12.7. The molecular formula is C24H29N3O4. The maximum atomic E-state index is 12.7. The Hall–Kier alpha value is -2.92. The molecular weight excluding hydrogens is 394 g/mol. The highest BCUT2D eigenvalue weighted by molar-refractivity contribution is 6.08. The van der Waals surface area contributed by atoms with Crippen LogP contribution in [0, 0.1) is 11.3 Å². The molecule has 7 heteroatoms. The van der Waals surface area contributed by atoms with Crippen molar-refractivity contribution in [3.05, 3.63) is 47.5 Å². The summed E-state index contributed by atoms with van der Waals surface area (Å²) in [7, 11) is 0. The lowest BCUT2D eigenvalue weighted by Gasteiger charge is -2.36. The number of fused-ring (bicyclic) bond motifs is 1. The van der Waals surface area contributed by atoms with E-state index < -0.39 is 5.91 Å². The van der Waals surface area contributed by atoms with E-state index in [0.717, 1.165) is 41.5 Å². The number of nitrogens with zero attached hydrogens (tertiary/aromatic N) is 2. The first-order chi connectivity index (χ1) is 15.2. The third kappa shape index (κ3) is 5.61. The zero-order chi connectivity index (χ0) is 22.1. The van der Waals surface area contributed by atoms with Gasteiger partial charge in [-0.2, -0.15) is 5.26 Å². The lowest BCUT2D eigenvalue weighted by molar-refractivity contribution is -0.117. The molecule has 1 heterocycles. The van der Waals surface area contributed by atoms with E-state index in [9.17, 15) is 10.1 Å². The molecule has 2 aromatic carbocycles. The number of amides is 1. The Morgan fingerprint density at radius 3 is 2.55 bits per heavy atom. The summed E-state index contributed by atoms with van der Waals surface area (Å²) in [6.45, 7) is 5.43. The normalized spacial score (nSPS) is 14.0. The molecule has 0 aliphatic carbocycles. The van der Waals surface area contributed by atoms with Crippen LogP contribution < -0.4 is 10.2 Å². The molecule has 7 nitrogen and oxygen atoms in total. The molecule has 1 amide bonds. The Labute approximate surface area is 182 Å². The van der Waals surface area contributed by atoms with Crippen LogP contribution >= 0.6 is 0 Å². The van der Waals surface area contributed by atoms with Crippen LogP contribution in [0.4, 0.5) is 5.69 Å². The fourth-order valence-electron chi connectivity index (χ4n) is 3.59. The van der Waals surface area contributed by atoms with Crippen molar-refractivity contribution < 1.29 is 19.4 Å². The number of carbonyl (C=O) groups is 1. The Morgan fingerprint density at radius 1 is 1.13 bits per heavy atom. The molecule has 0 aromatic heterocycles. The number of benzene rings is 2. The Morgan fingerprint density at radius 2 is 1.87 bits per heavy atom. The molecule has 0 spiro atoms. The van der Waals surface area contributed by atoms with E-state index in [-0.39, 0.29) is 18.8 Å². The van der Waals surface area contributed by atoms with Gasteiger partial charge in [0.15, 0.2) is 0 Å². The molecule has 3 rings (SSSR count). The summed E-state index contributed by atoms with van der Waals surface area (Å²) in [5.41, 5.74) is 2.80. The van der Waals surface area contributed by atoms with E-state index in [1.165, 1.54) is 0 Å². The lowest BCUT2D eigenvalue weighted by atomic mass is 9.94. The van der Waals surface area contributed by atoms with Gasteiger partial charge in [0.05, 0.1) is 38.7 Å². The minimum atomic E-state index is -0.400. The highest BCUT2D eigenvalue weighted by Crippen LogP contribution is 2.38. The number of hydrogen-bond acceptors (Lipinski definition) is 6. The monoisotopic (exact) mass is 423 g/mol. The average molecular weight is 424 g/mol. The topological polar surface area (TPSA) is 94.8 Å². The van der Waals surface area contributed by atoms with Crippen LogP contribution in [0.1, 0.15) is 18.9 Å². The van der Waals surface area contributed by atoms with Gasteiger partial charge in [0.1, 0.15) is 11.6 Å². The van der Waals surface area contributed by atoms with Crippen molar-refractivity contribution in [1.82, 2.24) is 5.32 Å². The first-order valence-corrected chi connectivity index (χ1v) is 10.6. The number of nitriles is 1. The minimum Gasteiger partial charge on any atom is -0.394 e. The number of allylic oxidation sites excluding steroid dienone is 1. The van der Waals surface area contributed by atoms with Crippen molar-refractivity contribution in [3.8, 4) is 6.07 Å². The standard InChI is InChI=1S/C24H29N3O4/c1-18(22(17-25)24(29)26-9-13-30-15-16-31-14-12-28)20-8-7-19-5-2-3-6-21(19)23(20)27-10-4-11-27/h2-3,5-8,28H,4,9-16H2,1H3,(H,26,29)/b22-18+. The smallest absolute Gasteiger partial charge is 0.262 e. The summed E-state index contributed by atoms with van der Waals surface area (Å²) < 4.78 is 10.5. The van der Waals surface area contributed by atoms with E-state index in [2.05, 4.69) is 28.4 Å².